The molecule has 27 heavy (non-hydrogen) atoms. The van der Waals surface area contributed by atoms with Gasteiger partial charge in [0.15, 0.2) is 23.0 Å². The van der Waals surface area contributed by atoms with Gasteiger partial charge in [0.25, 0.3) is 0 Å². The number of benzene rings is 2. The molecule has 0 aliphatic carbocycles. The minimum absolute atomic E-state index is 0.629. The first-order valence-electron chi connectivity index (χ1n) is 8.43. The predicted octanol–water partition coefficient (Wildman–Crippen LogP) is 4.39. The Hall–Kier alpha value is -2.37. The maximum atomic E-state index is 6.83. The van der Waals surface area contributed by atoms with Gasteiger partial charge in [-0.05, 0) is 61.1 Å². The first-order chi connectivity index (χ1) is 12.9. The minimum atomic E-state index is 0.629. The topological polar surface area (TPSA) is 40.2 Å². The minimum Gasteiger partial charge on any atom is -0.493 e. The van der Waals surface area contributed by atoms with Crippen LogP contribution in [-0.2, 0) is 0 Å². The standard InChI is InChI=1S/C21H26ClNO4/c1-23(2)13-16(14-7-9-17(24-3)19(11-14)26-5)21(22)15-8-10-18(25-4)20(12-15)27-6/h7-12H,13H2,1-6H3/b21-16+. The molecular weight excluding hydrogens is 366 g/mol. The number of methoxy groups -OCH3 is 4. The predicted molar refractivity (Wildman–Crippen MR) is 110 cm³/mol. The van der Waals surface area contributed by atoms with Gasteiger partial charge in [0, 0.05) is 6.54 Å². The molecule has 0 N–H and O–H groups in total. The third kappa shape index (κ3) is 4.87. The third-order valence-corrected chi connectivity index (χ3v) is 4.55. The Labute approximate surface area is 166 Å². The van der Waals surface area contributed by atoms with Crippen molar-refractivity contribution in [2.75, 3.05) is 49.1 Å². The molecule has 0 radical (unpaired) electrons. The summed E-state index contributed by atoms with van der Waals surface area (Å²) < 4.78 is 21.5. The van der Waals surface area contributed by atoms with Gasteiger partial charge in [-0.3, -0.25) is 0 Å². The van der Waals surface area contributed by atoms with E-state index in [1.165, 1.54) is 0 Å². The van der Waals surface area contributed by atoms with Gasteiger partial charge in [-0.2, -0.15) is 0 Å². The van der Waals surface area contributed by atoms with E-state index in [1.807, 2.05) is 50.5 Å². The summed E-state index contributed by atoms with van der Waals surface area (Å²) in [4.78, 5) is 2.06. The van der Waals surface area contributed by atoms with Gasteiger partial charge >= 0.3 is 0 Å². The number of halogens is 1. The fourth-order valence-corrected chi connectivity index (χ4v) is 3.06. The Kier molecular flexibility index (Phi) is 7.39. The fourth-order valence-electron chi connectivity index (χ4n) is 2.77. The normalized spacial score (nSPS) is 11.9. The molecule has 0 aliphatic heterocycles. The second kappa shape index (κ2) is 9.53. The van der Waals surface area contributed by atoms with Crippen molar-refractivity contribution in [2.45, 2.75) is 0 Å². The highest BCUT2D eigenvalue weighted by atomic mass is 35.5. The second-order valence-electron chi connectivity index (χ2n) is 6.17. The second-order valence-corrected chi connectivity index (χ2v) is 6.55. The lowest BCUT2D eigenvalue weighted by molar-refractivity contribution is 0.355. The van der Waals surface area contributed by atoms with Crippen molar-refractivity contribution in [2.24, 2.45) is 0 Å². The highest BCUT2D eigenvalue weighted by molar-refractivity contribution is 6.52. The molecule has 0 bridgehead atoms. The molecule has 0 heterocycles. The molecule has 0 amide bonds. The van der Waals surface area contributed by atoms with Crippen molar-refractivity contribution in [3.63, 3.8) is 0 Å². The van der Waals surface area contributed by atoms with E-state index in [9.17, 15) is 0 Å². The Morgan fingerprint density at radius 2 is 1.19 bits per heavy atom. The van der Waals surface area contributed by atoms with E-state index in [0.717, 1.165) is 16.7 Å². The molecule has 0 atom stereocenters. The van der Waals surface area contributed by atoms with E-state index in [-0.39, 0.29) is 0 Å². The van der Waals surface area contributed by atoms with E-state index in [2.05, 4.69) is 4.90 Å². The summed E-state index contributed by atoms with van der Waals surface area (Å²) in [6, 6.07) is 11.4. The van der Waals surface area contributed by atoms with Crippen molar-refractivity contribution in [1.29, 1.82) is 0 Å². The average molecular weight is 392 g/mol. The first-order valence-corrected chi connectivity index (χ1v) is 8.81. The molecule has 5 nitrogen and oxygen atoms in total. The SMILES string of the molecule is COc1ccc(/C(Cl)=C(/CN(C)C)c2ccc(OC)c(OC)c2)cc1OC. The quantitative estimate of drug-likeness (QED) is 0.624. The highest BCUT2D eigenvalue weighted by Gasteiger charge is 2.15. The van der Waals surface area contributed by atoms with E-state index < -0.39 is 0 Å². The van der Waals surface area contributed by atoms with Gasteiger partial charge in [-0.25, -0.2) is 0 Å². The molecule has 2 rings (SSSR count). The van der Waals surface area contributed by atoms with Crippen LogP contribution in [0.5, 0.6) is 23.0 Å². The van der Waals surface area contributed by atoms with Crippen LogP contribution in [0.2, 0.25) is 0 Å². The van der Waals surface area contributed by atoms with Gasteiger partial charge in [-0.1, -0.05) is 17.7 Å². The van der Waals surface area contributed by atoms with Crippen LogP contribution in [0.25, 0.3) is 10.6 Å². The monoisotopic (exact) mass is 391 g/mol. The summed E-state index contributed by atoms with van der Waals surface area (Å²) in [6.45, 7) is 0.655. The van der Waals surface area contributed by atoms with Gasteiger partial charge in [-0.15, -0.1) is 0 Å². The highest BCUT2D eigenvalue weighted by Crippen LogP contribution is 2.38. The maximum Gasteiger partial charge on any atom is 0.161 e. The average Bonchev–Trinajstić information content (AvgIpc) is 2.70. The molecule has 6 heteroatoms. The van der Waals surface area contributed by atoms with E-state index in [0.29, 0.717) is 34.6 Å². The van der Waals surface area contributed by atoms with Crippen molar-refractivity contribution in [3.05, 3.63) is 47.5 Å². The molecule has 0 saturated heterocycles. The van der Waals surface area contributed by atoms with Crippen LogP contribution in [0.3, 0.4) is 0 Å². The largest absolute Gasteiger partial charge is 0.493 e. The van der Waals surface area contributed by atoms with Crippen LogP contribution < -0.4 is 18.9 Å². The van der Waals surface area contributed by atoms with Crippen LogP contribution in [-0.4, -0.2) is 54.0 Å². The van der Waals surface area contributed by atoms with E-state index in [4.69, 9.17) is 30.5 Å². The number of likely N-dealkylation sites (N-methyl/N-ethyl adjacent to an activating group) is 1. The van der Waals surface area contributed by atoms with E-state index in [1.54, 1.807) is 28.4 Å². The Morgan fingerprint density at radius 1 is 0.741 bits per heavy atom. The zero-order chi connectivity index (χ0) is 20.0. The molecule has 2 aromatic rings. The first kappa shape index (κ1) is 20.9. The van der Waals surface area contributed by atoms with Crippen LogP contribution in [0.15, 0.2) is 36.4 Å². The fraction of sp³-hybridized carbons (Fsp3) is 0.333. The number of hydrogen-bond acceptors (Lipinski definition) is 5. The van der Waals surface area contributed by atoms with Gasteiger partial charge in [0.05, 0.1) is 33.5 Å². The zero-order valence-electron chi connectivity index (χ0n) is 16.6. The van der Waals surface area contributed by atoms with Crippen LogP contribution in [0.4, 0.5) is 0 Å². The van der Waals surface area contributed by atoms with Crippen molar-refractivity contribution < 1.29 is 18.9 Å². The summed E-state index contributed by atoms with van der Waals surface area (Å²) in [5, 5.41) is 0.636. The smallest absolute Gasteiger partial charge is 0.161 e. The Morgan fingerprint density at radius 3 is 1.63 bits per heavy atom. The molecule has 0 aromatic heterocycles. The van der Waals surface area contributed by atoms with E-state index >= 15 is 0 Å². The number of hydrogen-bond donors (Lipinski definition) is 0. The summed E-state index contributed by atoms with van der Waals surface area (Å²) in [6.07, 6.45) is 0. The van der Waals surface area contributed by atoms with Crippen molar-refractivity contribution in [1.82, 2.24) is 4.90 Å². The molecule has 0 saturated carbocycles. The number of rotatable bonds is 8. The molecule has 146 valence electrons. The summed E-state index contributed by atoms with van der Waals surface area (Å²) in [5.74, 6) is 2.62. The Bertz CT molecular complexity index is 818. The van der Waals surface area contributed by atoms with Crippen LogP contribution in [0, 0.1) is 0 Å². The van der Waals surface area contributed by atoms with Crippen molar-refractivity contribution >= 4 is 22.2 Å². The van der Waals surface area contributed by atoms with Crippen LogP contribution in [0.1, 0.15) is 11.1 Å². The van der Waals surface area contributed by atoms with Crippen molar-refractivity contribution in [3.8, 4) is 23.0 Å². The summed E-state index contributed by atoms with van der Waals surface area (Å²) >= 11 is 6.83. The summed E-state index contributed by atoms with van der Waals surface area (Å²) in [5.41, 5.74) is 2.77. The lowest BCUT2D eigenvalue weighted by atomic mass is 10.0. The lowest BCUT2D eigenvalue weighted by Gasteiger charge is -2.18. The summed E-state index contributed by atoms with van der Waals surface area (Å²) in [7, 11) is 10.4. The molecular formula is C21H26ClNO4. The maximum absolute atomic E-state index is 6.83. The van der Waals surface area contributed by atoms with Gasteiger partial charge in [0.2, 0.25) is 0 Å². The lowest BCUT2D eigenvalue weighted by Crippen LogP contribution is -2.15. The zero-order valence-corrected chi connectivity index (χ0v) is 17.4. The molecule has 0 fully saturated rings. The van der Waals surface area contributed by atoms with Gasteiger partial charge < -0.3 is 23.8 Å². The number of ether oxygens (including phenoxy) is 4. The molecule has 2 aromatic carbocycles. The number of nitrogens with zero attached hydrogens (tertiary/aromatic N) is 1. The Balaban J connectivity index is 2.61. The van der Waals surface area contributed by atoms with Crippen LogP contribution >= 0.6 is 11.6 Å². The van der Waals surface area contributed by atoms with Gasteiger partial charge in [0.1, 0.15) is 0 Å². The molecule has 0 unspecified atom stereocenters. The third-order valence-electron chi connectivity index (χ3n) is 4.11. The molecule has 0 aliphatic rings. The molecule has 0 spiro atoms.